The van der Waals surface area contributed by atoms with Crippen LogP contribution in [0.3, 0.4) is 0 Å². The molecule has 0 bridgehead atoms. The van der Waals surface area contributed by atoms with Crippen molar-refractivity contribution >= 4 is 11.9 Å². The fourth-order valence-corrected chi connectivity index (χ4v) is 3.22. The molecular weight excluding hydrogens is 380 g/mol. The Hall–Kier alpha value is -2.82. The van der Waals surface area contributed by atoms with Crippen LogP contribution in [0.5, 0.6) is 5.75 Å². The van der Waals surface area contributed by atoms with Crippen molar-refractivity contribution in [3.8, 4) is 5.75 Å². The van der Waals surface area contributed by atoms with Gasteiger partial charge in [-0.1, -0.05) is 43.7 Å². The minimum absolute atomic E-state index is 0.370. The minimum Gasteiger partial charge on any atom is -0.493 e. The molecule has 0 amide bonds. The van der Waals surface area contributed by atoms with Crippen molar-refractivity contribution in [3.63, 3.8) is 0 Å². The van der Waals surface area contributed by atoms with Gasteiger partial charge in [0.15, 0.2) is 0 Å². The number of esters is 2. The maximum absolute atomic E-state index is 12.7. The van der Waals surface area contributed by atoms with Crippen LogP contribution in [0.2, 0.25) is 0 Å². The summed E-state index contributed by atoms with van der Waals surface area (Å²) in [7, 11) is 0. The standard InChI is InChI=1S/C25H32O5/c1-6-7-16-28-22-15-11-10-14-21(22)23(26)29-19(3)17-25(4,5)30-24(27)20-13-9-8-12-18(20)2/h8-15,19H,6-7,16-17H2,1-5H3. The molecule has 0 aliphatic rings. The number of hydrogen-bond donors (Lipinski definition) is 0. The highest BCUT2D eigenvalue weighted by atomic mass is 16.6. The van der Waals surface area contributed by atoms with Crippen LogP contribution in [0.15, 0.2) is 48.5 Å². The van der Waals surface area contributed by atoms with Crippen molar-refractivity contribution < 1.29 is 23.8 Å². The van der Waals surface area contributed by atoms with Crippen molar-refractivity contribution in [1.29, 1.82) is 0 Å². The van der Waals surface area contributed by atoms with Gasteiger partial charge in [-0.15, -0.1) is 0 Å². The third kappa shape index (κ3) is 6.90. The average molecular weight is 413 g/mol. The number of carbonyl (C=O) groups excluding carboxylic acids is 2. The van der Waals surface area contributed by atoms with Gasteiger partial charge >= 0.3 is 11.9 Å². The molecule has 0 N–H and O–H groups in total. The van der Waals surface area contributed by atoms with E-state index in [1.165, 1.54) is 0 Å². The Morgan fingerprint density at radius 3 is 2.27 bits per heavy atom. The first-order valence-electron chi connectivity index (χ1n) is 10.5. The highest BCUT2D eigenvalue weighted by Gasteiger charge is 2.29. The molecule has 0 saturated heterocycles. The Labute approximate surface area is 179 Å². The van der Waals surface area contributed by atoms with Gasteiger partial charge in [0.1, 0.15) is 23.0 Å². The smallest absolute Gasteiger partial charge is 0.342 e. The lowest BCUT2D eigenvalue weighted by Crippen LogP contribution is -2.33. The van der Waals surface area contributed by atoms with Crippen LogP contribution in [0, 0.1) is 6.92 Å². The Morgan fingerprint density at radius 1 is 0.967 bits per heavy atom. The number of benzene rings is 2. The van der Waals surface area contributed by atoms with Crippen LogP contribution in [-0.2, 0) is 9.47 Å². The average Bonchev–Trinajstić information content (AvgIpc) is 2.67. The summed E-state index contributed by atoms with van der Waals surface area (Å²) in [5, 5.41) is 0. The molecule has 0 aromatic heterocycles. The van der Waals surface area contributed by atoms with E-state index >= 15 is 0 Å². The molecule has 5 nitrogen and oxygen atoms in total. The van der Waals surface area contributed by atoms with Crippen molar-refractivity contribution in [1.82, 2.24) is 0 Å². The van der Waals surface area contributed by atoms with Crippen LogP contribution >= 0.6 is 0 Å². The van der Waals surface area contributed by atoms with Crippen molar-refractivity contribution in [2.24, 2.45) is 0 Å². The largest absolute Gasteiger partial charge is 0.493 e. The summed E-state index contributed by atoms with van der Waals surface area (Å²) < 4.78 is 17.0. The van der Waals surface area contributed by atoms with E-state index in [1.807, 2.05) is 39.0 Å². The molecule has 0 aliphatic carbocycles. The van der Waals surface area contributed by atoms with Gasteiger partial charge in [-0.25, -0.2) is 9.59 Å². The summed E-state index contributed by atoms with van der Waals surface area (Å²) in [5.41, 5.74) is 0.997. The molecule has 0 spiro atoms. The first kappa shape index (κ1) is 23.5. The summed E-state index contributed by atoms with van der Waals surface area (Å²) in [6.07, 6.45) is 1.86. The monoisotopic (exact) mass is 412 g/mol. The predicted octanol–water partition coefficient (Wildman–Crippen LogP) is 5.74. The molecule has 162 valence electrons. The summed E-state index contributed by atoms with van der Waals surface area (Å²) in [4.78, 5) is 25.2. The molecule has 5 heteroatoms. The Bertz CT molecular complexity index is 856. The molecule has 2 rings (SSSR count). The van der Waals surface area contributed by atoms with E-state index in [0.29, 0.717) is 29.9 Å². The van der Waals surface area contributed by atoms with Gasteiger partial charge in [0.05, 0.1) is 12.2 Å². The van der Waals surface area contributed by atoms with E-state index in [4.69, 9.17) is 14.2 Å². The van der Waals surface area contributed by atoms with Gasteiger partial charge in [0, 0.05) is 6.42 Å². The number of carbonyl (C=O) groups is 2. The number of unbranched alkanes of at least 4 members (excludes halogenated alkanes) is 1. The first-order chi connectivity index (χ1) is 14.2. The molecule has 2 aromatic carbocycles. The van der Waals surface area contributed by atoms with Crippen molar-refractivity contribution in [3.05, 3.63) is 65.2 Å². The number of hydrogen-bond acceptors (Lipinski definition) is 5. The summed E-state index contributed by atoms with van der Waals surface area (Å²) in [5.74, 6) is -0.310. The van der Waals surface area contributed by atoms with Gasteiger partial charge < -0.3 is 14.2 Å². The second-order valence-corrected chi connectivity index (χ2v) is 8.08. The topological polar surface area (TPSA) is 61.8 Å². The molecule has 30 heavy (non-hydrogen) atoms. The second kappa shape index (κ2) is 10.8. The summed E-state index contributed by atoms with van der Waals surface area (Å²) in [6.45, 7) is 9.93. The van der Waals surface area contributed by atoms with Crippen LogP contribution in [0.4, 0.5) is 0 Å². The summed E-state index contributed by atoms with van der Waals surface area (Å²) in [6, 6.07) is 14.4. The van der Waals surface area contributed by atoms with Crippen molar-refractivity contribution in [2.45, 2.75) is 65.6 Å². The molecule has 0 radical (unpaired) electrons. The third-order valence-electron chi connectivity index (χ3n) is 4.68. The van der Waals surface area contributed by atoms with E-state index in [2.05, 4.69) is 6.92 Å². The Balaban J connectivity index is 1.97. The summed E-state index contributed by atoms with van der Waals surface area (Å²) >= 11 is 0. The van der Waals surface area contributed by atoms with Gasteiger partial charge in [-0.2, -0.15) is 0 Å². The van der Waals surface area contributed by atoms with Gasteiger partial charge in [0.2, 0.25) is 0 Å². The highest BCUT2D eigenvalue weighted by molar-refractivity contribution is 5.92. The molecular formula is C25H32O5. The second-order valence-electron chi connectivity index (χ2n) is 8.08. The fraction of sp³-hybridized carbons (Fsp3) is 0.440. The minimum atomic E-state index is -0.795. The number of rotatable bonds is 10. The molecule has 1 atom stereocenters. The number of ether oxygens (including phenoxy) is 3. The zero-order valence-corrected chi connectivity index (χ0v) is 18.6. The Morgan fingerprint density at radius 2 is 1.60 bits per heavy atom. The molecule has 1 unspecified atom stereocenters. The van der Waals surface area contributed by atoms with Gasteiger partial charge in [0.25, 0.3) is 0 Å². The van der Waals surface area contributed by atoms with E-state index in [-0.39, 0.29) is 5.97 Å². The molecule has 0 fully saturated rings. The lowest BCUT2D eigenvalue weighted by molar-refractivity contribution is -0.0283. The number of para-hydroxylation sites is 1. The van der Waals surface area contributed by atoms with E-state index in [9.17, 15) is 9.59 Å². The van der Waals surface area contributed by atoms with E-state index < -0.39 is 17.7 Å². The quantitative estimate of drug-likeness (QED) is 0.367. The first-order valence-corrected chi connectivity index (χ1v) is 10.5. The maximum Gasteiger partial charge on any atom is 0.342 e. The SMILES string of the molecule is CCCCOc1ccccc1C(=O)OC(C)CC(C)(C)OC(=O)c1ccccc1C. The van der Waals surface area contributed by atoms with Crippen LogP contribution in [0.1, 0.15) is 73.2 Å². The van der Waals surface area contributed by atoms with Gasteiger partial charge in [-0.3, -0.25) is 0 Å². The lowest BCUT2D eigenvalue weighted by Gasteiger charge is -2.28. The molecule has 2 aromatic rings. The van der Waals surface area contributed by atoms with Crippen LogP contribution in [-0.4, -0.2) is 30.3 Å². The number of aryl methyl sites for hydroxylation is 1. The Kier molecular flexibility index (Phi) is 8.46. The van der Waals surface area contributed by atoms with Gasteiger partial charge in [-0.05, 0) is 57.9 Å². The zero-order valence-electron chi connectivity index (χ0n) is 18.6. The molecule has 0 heterocycles. The fourth-order valence-electron chi connectivity index (χ4n) is 3.22. The third-order valence-corrected chi connectivity index (χ3v) is 4.68. The predicted molar refractivity (Wildman–Crippen MR) is 117 cm³/mol. The van der Waals surface area contributed by atoms with Crippen LogP contribution in [0.25, 0.3) is 0 Å². The molecule has 0 saturated carbocycles. The van der Waals surface area contributed by atoms with Crippen LogP contribution < -0.4 is 4.74 Å². The molecule has 0 aliphatic heterocycles. The van der Waals surface area contributed by atoms with E-state index in [1.54, 1.807) is 37.3 Å². The normalized spacial score (nSPS) is 12.2. The zero-order chi connectivity index (χ0) is 22.1. The maximum atomic E-state index is 12.7. The van der Waals surface area contributed by atoms with E-state index in [0.717, 1.165) is 18.4 Å². The van der Waals surface area contributed by atoms with Crippen molar-refractivity contribution in [2.75, 3.05) is 6.61 Å². The highest BCUT2D eigenvalue weighted by Crippen LogP contribution is 2.24. The lowest BCUT2D eigenvalue weighted by atomic mass is 10.0.